The SMILES string of the molecule is CC(O)CC(C)Nc1nncc2ccccc12. The van der Waals surface area contributed by atoms with Crippen molar-refractivity contribution in [1.82, 2.24) is 10.2 Å². The zero-order valence-corrected chi connectivity index (χ0v) is 10.1. The summed E-state index contributed by atoms with van der Waals surface area (Å²) in [4.78, 5) is 0. The average Bonchev–Trinajstić information content (AvgIpc) is 2.28. The molecular formula is C13H17N3O. The number of aromatic nitrogens is 2. The van der Waals surface area contributed by atoms with Crippen molar-refractivity contribution in [3.05, 3.63) is 30.5 Å². The van der Waals surface area contributed by atoms with Crippen LogP contribution in [0.15, 0.2) is 30.5 Å². The summed E-state index contributed by atoms with van der Waals surface area (Å²) in [6.45, 7) is 3.81. The first-order valence-corrected chi connectivity index (χ1v) is 5.82. The molecule has 2 unspecified atom stereocenters. The van der Waals surface area contributed by atoms with Gasteiger partial charge in [-0.05, 0) is 20.3 Å². The Bertz CT molecular complexity index is 493. The van der Waals surface area contributed by atoms with Gasteiger partial charge in [-0.15, -0.1) is 5.10 Å². The average molecular weight is 231 g/mol. The minimum absolute atomic E-state index is 0.162. The second kappa shape index (κ2) is 5.10. The standard InChI is InChI=1S/C13H17N3O/c1-9(7-10(2)17)15-13-12-6-4-3-5-11(12)8-14-16-13/h3-6,8-10,17H,7H2,1-2H3,(H,15,16). The third-order valence-corrected chi connectivity index (χ3v) is 2.65. The number of benzene rings is 1. The topological polar surface area (TPSA) is 58.0 Å². The Morgan fingerprint density at radius 3 is 2.82 bits per heavy atom. The van der Waals surface area contributed by atoms with Crippen molar-refractivity contribution in [2.24, 2.45) is 0 Å². The highest BCUT2D eigenvalue weighted by atomic mass is 16.3. The van der Waals surface area contributed by atoms with E-state index in [4.69, 9.17) is 0 Å². The molecule has 0 aliphatic rings. The first kappa shape index (κ1) is 11.8. The fourth-order valence-corrected chi connectivity index (χ4v) is 1.94. The van der Waals surface area contributed by atoms with Crippen molar-refractivity contribution in [3.8, 4) is 0 Å². The van der Waals surface area contributed by atoms with Crippen LogP contribution in [0.1, 0.15) is 20.3 Å². The first-order chi connectivity index (χ1) is 8.16. The van der Waals surface area contributed by atoms with Crippen LogP contribution in [0.5, 0.6) is 0 Å². The second-order valence-electron chi connectivity index (χ2n) is 4.41. The van der Waals surface area contributed by atoms with Crippen molar-refractivity contribution in [2.75, 3.05) is 5.32 Å². The molecule has 0 aliphatic heterocycles. The smallest absolute Gasteiger partial charge is 0.156 e. The number of rotatable bonds is 4. The maximum Gasteiger partial charge on any atom is 0.156 e. The van der Waals surface area contributed by atoms with Crippen LogP contribution in [0, 0.1) is 0 Å². The normalized spacial score (nSPS) is 14.5. The largest absolute Gasteiger partial charge is 0.393 e. The van der Waals surface area contributed by atoms with Gasteiger partial charge in [0.1, 0.15) is 0 Å². The Morgan fingerprint density at radius 2 is 2.06 bits per heavy atom. The van der Waals surface area contributed by atoms with E-state index in [2.05, 4.69) is 15.5 Å². The van der Waals surface area contributed by atoms with Crippen molar-refractivity contribution in [3.63, 3.8) is 0 Å². The van der Waals surface area contributed by atoms with E-state index in [1.165, 1.54) is 0 Å². The molecule has 0 saturated carbocycles. The van der Waals surface area contributed by atoms with E-state index < -0.39 is 0 Å². The number of hydrogen-bond acceptors (Lipinski definition) is 4. The first-order valence-electron chi connectivity index (χ1n) is 5.82. The van der Waals surface area contributed by atoms with Gasteiger partial charge >= 0.3 is 0 Å². The van der Waals surface area contributed by atoms with Gasteiger partial charge in [0.25, 0.3) is 0 Å². The maximum absolute atomic E-state index is 9.34. The van der Waals surface area contributed by atoms with E-state index in [1.807, 2.05) is 31.2 Å². The summed E-state index contributed by atoms with van der Waals surface area (Å²) in [5.74, 6) is 0.774. The lowest BCUT2D eigenvalue weighted by atomic mass is 10.1. The highest BCUT2D eigenvalue weighted by Gasteiger charge is 2.09. The Kier molecular flexibility index (Phi) is 3.54. The Morgan fingerprint density at radius 1 is 1.29 bits per heavy atom. The molecule has 2 atom stereocenters. The van der Waals surface area contributed by atoms with Crippen molar-refractivity contribution < 1.29 is 5.11 Å². The molecule has 0 saturated heterocycles. The molecule has 17 heavy (non-hydrogen) atoms. The molecule has 0 aliphatic carbocycles. The van der Waals surface area contributed by atoms with E-state index in [-0.39, 0.29) is 12.1 Å². The summed E-state index contributed by atoms with van der Waals surface area (Å²) in [5.41, 5.74) is 0. The lowest BCUT2D eigenvalue weighted by molar-refractivity contribution is 0.179. The Labute approximate surface area is 101 Å². The number of aliphatic hydroxyl groups excluding tert-OH is 1. The molecule has 4 nitrogen and oxygen atoms in total. The third kappa shape index (κ3) is 2.91. The molecule has 0 fully saturated rings. The maximum atomic E-state index is 9.34. The molecule has 0 amide bonds. The van der Waals surface area contributed by atoms with Crippen molar-refractivity contribution >= 4 is 16.6 Å². The lowest BCUT2D eigenvalue weighted by Gasteiger charge is -2.16. The van der Waals surface area contributed by atoms with Gasteiger partial charge in [0.2, 0.25) is 0 Å². The van der Waals surface area contributed by atoms with Crippen molar-refractivity contribution in [1.29, 1.82) is 0 Å². The van der Waals surface area contributed by atoms with Gasteiger partial charge in [-0.3, -0.25) is 0 Å². The third-order valence-electron chi connectivity index (χ3n) is 2.65. The minimum atomic E-state index is -0.319. The number of aliphatic hydroxyl groups is 1. The molecule has 2 rings (SSSR count). The number of nitrogens with zero attached hydrogens (tertiary/aromatic N) is 2. The summed E-state index contributed by atoms with van der Waals surface area (Å²) in [6.07, 6.45) is 2.12. The molecule has 4 heteroatoms. The number of hydrogen-bond donors (Lipinski definition) is 2. The Balaban J connectivity index is 2.24. The summed E-state index contributed by atoms with van der Waals surface area (Å²) >= 11 is 0. The molecule has 2 aromatic rings. The highest BCUT2D eigenvalue weighted by Crippen LogP contribution is 2.20. The van der Waals surface area contributed by atoms with E-state index in [1.54, 1.807) is 13.1 Å². The summed E-state index contributed by atoms with van der Waals surface area (Å²) in [6, 6.07) is 8.15. The van der Waals surface area contributed by atoms with Crippen LogP contribution in [0.3, 0.4) is 0 Å². The quantitative estimate of drug-likeness (QED) is 0.847. The predicted octanol–water partition coefficient (Wildman–Crippen LogP) is 2.20. The predicted molar refractivity (Wildman–Crippen MR) is 68.9 cm³/mol. The van der Waals surface area contributed by atoms with Gasteiger partial charge in [-0.1, -0.05) is 24.3 Å². The fourth-order valence-electron chi connectivity index (χ4n) is 1.94. The second-order valence-corrected chi connectivity index (χ2v) is 4.41. The molecule has 90 valence electrons. The highest BCUT2D eigenvalue weighted by molar-refractivity contribution is 5.90. The Hall–Kier alpha value is -1.68. The molecule has 0 radical (unpaired) electrons. The summed E-state index contributed by atoms with van der Waals surface area (Å²) in [5, 5.41) is 22.8. The van der Waals surface area contributed by atoms with E-state index in [0.717, 1.165) is 16.6 Å². The fraction of sp³-hybridized carbons (Fsp3) is 0.385. The lowest BCUT2D eigenvalue weighted by Crippen LogP contribution is -2.21. The zero-order chi connectivity index (χ0) is 12.3. The molecular weight excluding hydrogens is 214 g/mol. The van der Waals surface area contributed by atoms with Crippen LogP contribution >= 0.6 is 0 Å². The molecule has 1 aromatic heterocycles. The summed E-state index contributed by atoms with van der Waals surface area (Å²) < 4.78 is 0. The van der Waals surface area contributed by atoms with Gasteiger partial charge in [-0.25, -0.2) is 0 Å². The van der Waals surface area contributed by atoms with E-state index in [0.29, 0.717) is 6.42 Å². The van der Waals surface area contributed by atoms with Crippen LogP contribution in [0.2, 0.25) is 0 Å². The number of anilines is 1. The van der Waals surface area contributed by atoms with Gasteiger partial charge in [0.05, 0.1) is 12.3 Å². The van der Waals surface area contributed by atoms with Gasteiger partial charge in [0.15, 0.2) is 5.82 Å². The van der Waals surface area contributed by atoms with Crippen LogP contribution in [0.25, 0.3) is 10.8 Å². The molecule has 0 spiro atoms. The van der Waals surface area contributed by atoms with E-state index >= 15 is 0 Å². The van der Waals surface area contributed by atoms with E-state index in [9.17, 15) is 5.11 Å². The van der Waals surface area contributed by atoms with Crippen molar-refractivity contribution in [2.45, 2.75) is 32.4 Å². The molecule has 0 bridgehead atoms. The van der Waals surface area contributed by atoms with Crippen LogP contribution in [-0.4, -0.2) is 27.4 Å². The molecule has 2 N–H and O–H groups in total. The van der Waals surface area contributed by atoms with Crippen LogP contribution in [0.4, 0.5) is 5.82 Å². The number of fused-ring (bicyclic) bond motifs is 1. The van der Waals surface area contributed by atoms with Crippen LogP contribution < -0.4 is 5.32 Å². The number of nitrogens with one attached hydrogen (secondary N) is 1. The monoisotopic (exact) mass is 231 g/mol. The van der Waals surface area contributed by atoms with Gasteiger partial charge in [0, 0.05) is 16.8 Å². The molecule has 1 aromatic carbocycles. The molecule has 1 heterocycles. The zero-order valence-electron chi connectivity index (χ0n) is 10.1. The van der Waals surface area contributed by atoms with Crippen LogP contribution in [-0.2, 0) is 0 Å². The van der Waals surface area contributed by atoms with Gasteiger partial charge < -0.3 is 10.4 Å². The summed E-state index contributed by atoms with van der Waals surface area (Å²) in [7, 11) is 0. The van der Waals surface area contributed by atoms with Gasteiger partial charge in [-0.2, -0.15) is 5.10 Å². The minimum Gasteiger partial charge on any atom is -0.393 e.